The zero-order valence-electron chi connectivity index (χ0n) is 25.1. The molecule has 0 radical (unpaired) electrons. The summed E-state index contributed by atoms with van der Waals surface area (Å²) in [6.45, 7) is 12.1. The van der Waals surface area contributed by atoms with Crippen LogP contribution >= 0.6 is 15.9 Å². The van der Waals surface area contributed by atoms with Crippen molar-refractivity contribution in [1.29, 1.82) is 0 Å². The van der Waals surface area contributed by atoms with Crippen LogP contribution in [0.1, 0.15) is 71.1 Å². The van der Waals surface area contributed by atoms with Crippen LogP contribution < -0.4 is 11.1 Å². The molecule has 4 N–H and O–H groups in total. The number of carbonyl (C=O) groups is 2. The van der Waals surface area contributed by atoms with Crippen LogP contribution in [0.4, 0.5) is 4.79 Å². The summed E-state index contributed by atoms with van der Waals surface area (Å²) in [5, 5.41) is 14.1. The van der Waals surface area contributed by atoms with Crippen LogP contribution in [-0.2, 0) is 9.53 Å². The van der Waals surface area contributed by atoms with Crippen LogP contribution in [0.2, 0.25) is 0 Å². The van der Waals surface area contributed by atoms with Gasteiger partial charge in [0.15, 0.2) is 0 Å². The average Bonchev–Trinajstić information content (AvgIpc) is 2.88. The lowest BCUT2D eigenvalue weighted by Crippen LogP contribution is -2.36. The number of aliphatic hydroxyl groups excluding tert-OH is 1. The fourth-order valence-corrected chi connectivity index (χ4v) is 5.21. The van der Waals surface area contributed by atoms with E-state index in [0.717, 1.165) is 15.6 Å². The van der Waals surface area contributed by atoms with E-state index < -0.39 is 17.6 Å². The summed E-state index contributed by atoms with van der Waals surface area (Å²) >= 11 is 3.59. The van der Waals surface area contributed by atoms with E-state index in [1.54, 1.807) is 18.2 Å². The first-order valence-electron chi connectivity index (χ1n) is 14.2. The van der Waals surface area contributed by atoms with E-state index in [9.17, 15) is 14.7 Å². The van der Waals surface area contributed by atoms with Crippen molar-refractivity contribution in [3.05, 3.63) is 82.4 Å². The number of hydrogen-bond donors (Lipinski definition) is 3. The zero-order chi connectivity index (χ0) is 30.6. The fourth-order valence-electron chi connectivity index (χ4n) is 4.73. The molecule has 1 aliphatic heterocycles. The van der Waals surface area contributed by atoms with Crippen molar-refractivity contribution < 1.29 is 19.4 Å². The highest BCUT2D eigenvalue weighted by Crippen LogP contribution is 2.38. The lowest BCUT2D eigenvalue weighted by Gasteiger charge is -2.28. The van der Waals surface area contributed by atoms with Gasteiger partial charge in [-0.1, -0.05) is 111 Å². The molecule has 41 heavy (non-hydrogen) atoms. The fraction of sp³-hybridized carbons (Fsp3) is 0.471. The molecule has 0 saturated carbocycles. The van der Waals surface area contributed by atoms with Crippen molar-refractivity contribution >= 4 is 27.9 Å². The number of aliphatic hydroxyl groups is 1. The van der Waals surface area contributed by atoms with Crippen LogP contribution in [0, 0.1) is 41.9 Å². The number of benzene rings is 1. The van der Waals surface area contributed by atoms with E-state index in [0.29, 0.717) is 19.3 Å². The average molecular weight is 626 g/mol. The summed E-state index contributed by atoms with van der Waals surface area (Å²) in [5.41, 5.74) is 6.68. The van der Waals surface area contributed by atoms with Gasteiger partial charge in [0.25, 0.3) is 0 Å². The Balaban J connectivity index is 2.15. The molecule has 0 saturated heterocycles. The van der Waals surface area contributed by atoms with Crippen molar-refractivity contribution in [3.8, 4) is 11.8 Å². The number of halogens is 1. The van der Waals surface area contributed by atoms with Gasteiger partial charge in [0.05, 0.1) is 12.1 Å². The van der Waals surface area contributed by atoms with Gasteiger partial charge in [-0.15, -0.1) is 0 Å². The molecule has 1 aromatic rings. The maximum atomic E-state index is 12.6. The maximum absolute atomic E-state index is 12.6. The van der Waals surface area contributed by atoms with Crippen molar-refractivity contribution in [3.63, 3.8) is 0 Å². The van der Waals surface area contributed by atoms with Gasteiger partial charge < -0.3 is 20.9 Å². The van der Waals surface area contributed by atoms with Gasteiger partial charge in [-0.3, -0.25) is 4.79 Å². The molecule has 0 aliphatic carbocycles. The van der Waals surface area contributed by atoms with Gasteiger partial charge in [0.2, 0.25) is 5.91 Å². The lowest BCUT2D eigenvalue weighted by molar-refractivity contribution is -0.117. The molecule has 2 rings (SSSR count). The van der Waals surface area contributed by atoms with Crippen molar-refractivity contribution in [2.75, 3.05) is 0 Å². The summed E-state index contributed by atoms with van der Waals surface area (Å²) in [6.07, 6.45) is 15.2. The quantitative estimate of drug-likeness (QED) is 0.240. The molecule has 6 nitrogen and oxygen atoms in total. The largest absolute Gasteiger partial charge is 0.446 e. The van der Waals surface area contributed by atoms with E-state index >= 15 is 0 Å². The summed E-state index contributed by atoms with van der Waals surface area (Å²) < 4.78 is 6.28. The van der Waals surface area contributed by atoms with Crippen molar-refractivity contribution in [2.24, 2.45) is 28.9 Å². The van der Waals surface area contributed by atoms with Gasteiger partial charge >= 0.3 is 6.09 Å². The Bertz CT molecular complexity index is 1220. The first kappa shape index (κ1) is 34.1. The summed E-state index contributed by atoms with van der Waals surface area (Å²) in [7, 11) is 0. The number of hydrogen-bond acceptors (Lipinski definition) is 4. The Kier molecular flexibility index (Phi) is 13.6. The summed E-state index contributed by atoms with van der Waals surface area (Å²) in [6, 6.07) is 5.60. The van der Waals surface area contributed by atoms with Crippen LogP contribution in [0.3, 0.4) is 0 Å². The maximum Gasteiger partial charge on any atom is 0.404 e. The number of ether oxygens (including phenoxy) is 1. The third-order valence-corrected chi connectivity index (χ3v) is 8.38. The molecule has 1 heterocycles. The number of aryl methyl sites for hydroxylation is 1. The molecular weight excluding hydrogens is 580 g/mol. The monoisotopic (exact) mass is 624 g/mol. The molecule has 0 bridgehead atoms. The second-order valence-electron chi connectivity index (χ2n) is 11.7. The van der Waals surface area contributed by atoms with Gasteiger partial charge in [-0.25, -0.2) is 4.79 Å². The number of carbonyl (C=O) groups excluding carboxylic acids is 2. The minimum absolute atomic E-state index is 0.00243. The Hall–Kier alpha value is -3.08. The number of allylic oxidation sites excluding steroid dienone is 4. The van der Waals surface area contributed by atoms with Crippen LogP contribution in [0.15, 0.2) is 71.3 Å². The minimum Gasteiger partial charge on any atom is -0.446 e. The molecule has 0 fully saturated rings. The van der Waals surface area contributed by atoms with E-state index in [-0.39, 0.29) is 35.8 Å². The standard InChI is InChI=1S/C34H45BrN2O4/c1-23-13-11-17-30(38)37-29(25(3)19-18-24(2)22-27(21-23)41-33(36)40)16-9-7-8-10-20-34(5,6)32(39)28-15-12-14-26(4)31(28)35/h9-12,14-20,23-25,27,29,32,39H,13,21-22H2,1-6H3,(H2,36,40)(H,37,38)/b16-9+,17-11-,19-18+,20-10+/t23-,24+,25+,27-,29-,32+/m1/s1. The van der Waals surface area contributed by atoms with Crippen LogP contribution in [-0.4, -0.2) is 29.3 Å². The Morgan fingerprint density at radius 2 is 1.90 bits per heavy atom. The highest BCUT2D eigenvalue weighted by molar-refractivity contribution is 9.10. The Labute approximate surface area is 254 Å². The molecule has 6 atom stereocenters. The van der Waals surface area contributed by atoms with Crippen molar-refractivity contribution in [2.45, 2.75) is 79.1 Å². The van der Waals surface area contributed by atoms with Crippen molar-refractivity contribution in [1.82, 2.24) is 5.32 Å². The molecule has 7 heteroatoms. The van der Waals surface area contributed by atoms with Gasteiger partial charge in [0, 0.05) is 9.89 Å². The normalized spacial score (nSPS) is 26.8. The van der Waals surface area contributed by atoms with E-state index in [4.69, 9.17) is 10.5 Å². The lowest BCUT2D eigenvalue weighted by atomic mass is 9.82. The van der Waals surface area contributed by atoms with E-state index in [2.05, 4.69) is 59.1 Å². The number of nitrogens with two attached hydrogens (primary N) is 1. The topological polar surface area (TPSA) is 102 Å². The molecule has 0 aromatic heterocycles. The second-order valence-corrected chi connectivity index (χ2v) is 12.5. The third kappa shape index (κ3) is 11.7. The Morgan fingerprint density at radius 1 is 1.20 bits per heavy atom. The third-order valence-electron chi connectivity index (χ3n) is 7.30. The molecule has 0 spiro atoms. The first-order valence-corrected chi connectivity index (χ1v) is 15.0. The number of rotatable bonds is 5. The molecule has 0 unspecified atom stereocenters. The predicted octanol–water partition coefficient (Wildman–Crippen LogP) is 7.09. The van der Waals surface area contributed by atoms with E-state index in [1.807, 2.05) is 64.1 Å². The highest BCUT2D eigenvalue weighted by Gasteiger charge is 2.28. The molecule has 222 valence electrons. The number of nitrogens with one attached hydrogen (secondary N) is 1. The number of primary amides is 1. The van der Waals surface area contributed by atoms with E-state index in [1.165, 1.54) is 0 Å². The zero-order valence-corrected chi connectivity index (χ0v) is 26.6. The molecular formula is C34H45BrN2O4. The Morgan fingerprint density at radius 3 is 2.61 bits per heavy atom. The highest BCUT2D eigenvalue weighted by atomic mass is 79.9. The van der Waals surface area contributed by atoms with Gasteiger partial charge in [0.1, 0.15) is 6.10 Å². The molecule has 1 aliphatic rings. The minimum atomic E-state index is -0.761. The van der Waals surface area contributed by atoms with Gasteiger partial charge in [-0.05, 0) is 73.3 Å². The smallest absolute Gasteiger partial charge is 0.404 e. The predicted molar refractivity (Wildman–Crippen MR) is 170 cm³/mol. The molecule has 1 aromatic carbocycles. The summed E-state index contributed by atoms with van der Waals surface area (Å²) in [5.74, 6) is 6.26. The molecule has 2 amide bonds. The SMILES string of the molecule is Cc1cccc([C@H](O)C(C)(C)/C=C/C#C/C=C/[C@H]2NC(=O)/C=C\C[C@@H](C)C[C@@H](OC(N)=O)C[C@@H](C)/C=C/[C@@H]2C)c1Br. The van der Waals surface area contributed by atoms with Crippen LogP contribution in [0.25, 0.3) is 0 Å². The first-order chi connectivity index (χ1) is 19.3. The number of amides is 2. The second kappa shape index (κ2) is 16.4. The van der Waals surface area contributed by atoms with Crippen LogP contribution in [0.5, 0.6) is 0 Å². The van der Waals surface area contributed by atoms with Gasteiger partial charge in [-0.2, -0.15) is 0 Å². The summed E-state index contributed by atoms with van der Waals surface area (Å²) in [4.78, 5) is 24.0.